The third-order valence-electron chi connectivity index (χ3n) is 3.66. The fourth-order valence-electron chi connectivity index (χ4n) is 2.55. The van der Waals surface area contributed by atoms with E-state index in [0.29, 0.717) is 18.7 Å². The van der Waals surface area contributed by atoms with Crippen molar-refractivity contribution in [3.8, 4) is 0 Å². The van der Waals surface area contributed by atoms with Gasteiger partial charge in [-0.3, -0.25) is 4.90 Å². The lowest BCUT2D eigenvalue weighted by molar-refractivity contribution is -0.118. The zero-order valence-corrected chi connectivity index (χ0v) is 11.9. The highest BCUT2D eigenvalue weighted by Gasteiger charge is 2.26. The number of hydrogen-bond acceptors (Lipinski definition) is 5. The minimum Gasteiger partial charge on any atom is -0.378 e. The van der Waals surface area contributed by atoms with E-state index in [4.69, 9.17) is 19.9 Å². The standard InChI is InChI=1S/C13H28N2O3/c1-4-18-12-5-7-15(8-6-12)11(10-14)9-13(16-2)17-3/h11-13H,4-10,14H2,1-3H3. The number of rotatable bonds is 8. The normalized spacial score (nSPS) is 20.5. The largest absolute Gasteiger partial charge is 0.378 e. The highest BCUT2D eigenvalue weighted by molar-refractivity contribution is 4.80. The fraction of sp³-hybridized carbons (Fsp3) is 1.00. The van der Waals surface area contributed by atoms with E-state index in [0.717, 1.165) is 39.0 Å². The summed E-state index contributed by atoms with van der Waals surface area (Å²) in [7, 11) is 3.34. The zero-order chi connectivity index (χ0) is 13.4. The number of nitrogens with two attached hydrogens (primary N) is 1. The van der Waals surface area contributed by atoms with Gasteiger partial charge in [0.15, 0.2) is 6.29 Å². The van der Waals surface area contributed by atoms with Crippen molar-refractivity contribution in [2.45, 2.75) is 44.6 Å². The van der Waals surface area contributed by atoms with Crippen LogP contribution in [0.5, 0.6) is 0 Å². The van der Waals surface area contributed by atoms with Gasteiger partial charge in [-0.1, -0.05) is 0 Å². The van der Waals surface area contributed by atoms with Gasteiger partial charge < -0.3 is 19.9 Å². The Morgan fingerprint density at radius 2 is 1.83 bits per heavy atom. The van der Waals surface area contributed by atoms with Gasteiger partial charge in [-0.25, -0.2) is 0 Å². The van der Waals surface area contributed by atoms with Crippen molar-refractivity contribution < 1.29 is 14.2 Å². The number of likely N-dealkylation sites (tertiary alicyclic amines) is 1. The summed E-state index contributed by atoms with van der Waals surface area (Å²) in [5.74, 6) is 0. The van der Waals surface area contributed by atoms with Crippen molar-refractivity contribution in [2.24, 2.45) is 5.73 Å². The molecule has 0 bridgehead atoms. The molecular formula is C13H28N2O3. The molecule has 1 atom stereocenters. The van der Waals surface area contributed by atoms with Crippen molar-refractivity contribution in [1.29, 1.82) is 0 Å². The molecule has 0 radical (unpaired) electrons. The Hall–Kier alpha value is -0.200. The van der Waals surface area contributed by atoms with Gasteiger partial charge in [0, 0.05) is 52.9 Å². The molecular weight excluding hydrogens is 232 g/mol. The third-order valence-corrected chi connectivity index (χ3v) is 3.66. The van der Waals surface area contributed by atoms with Gasteiger partial charge in [-0.2, -0.15) is 0 Å². The SMILES string of the molecule is CCOC1CCN(C(CN)CC(OC)OC)CC1. The number of methoxy groups -OCH3 is 2. The van der Waals surface area contributed by atoms with Crippen LogP contribution in [0.4, 0.5) is 0 Å². The number of nitrogens with zero attached hydrogens (tertiary/aromatic N) is 1. The summed E-state index contributed by atoms with van der Waals surface area (Å²) in [5, 5.41) is 0. The summed E-state index contributed by atoms with van der Waals surface area (Å²) in [6.07, 6.45) is 3.26. The molecule has 1 saturated heterocycles. The van der Waals surface area contributed by atoms with Crippen molar-refractivity contribution in [2.75, 3.05) is 40.5 Å². The quantitative estimate of drug-likeness (QED) is 0.655. The molecule has 1 heterocycles. The summed E-state index contributed by atoms with van der Waals surface area (Å²) in [6, 6.07) is 0.331. The molecule has 18 heavy (non-hydrogen) atoms. The summed E-state index contributed by atoms with van der Waals surface area (Å²) >= 11 is 0. The predicted octanol–water partition coefficient (Wildman–Crippen LogP) is 0.824. The van der Waals surface area contributed by atoms with Gasteiger partial charge in [-0.05, 0) is 19.8 Å². The van der Waals surface area contributed by atoms with Crippen LogP contribution in [0.25, 0.3) is 0 Å². The van der Waals surface area contributed by atoms with Gasteiger partial charge in [0.05, 0.1) is 6.10 Å². The van der Waals surface area contributed by atoms with Gasteiger partial charge in [0.2, 0.25) is 0 Å². The molecule has 0 aromatic rings. The monoisotopic (exact) mass is 260 g/mol. The second-order valence-electron chi connectivity index (χ2n) is 4.72. The molecule has 2 N–H and O–H groups in total. The molecule has 0 aromatic carbocycles. The molecule has 1 rings (SSSR count). The average Bonchev–Trinajstić information content (AvgIpc) is 2.42. The van der Waals surface area contributed by atoms with Crippen molar-refractivity contribution >= 4 is 0 Å². The fourth-order valence-corrected chi connectivity index (χ4v) is 2.55. The maximum atomic E-state index is 5.87. The molecule has 0 aliphatic carbocycles. The average molecular weight is 260 g/mol. The molecule has 0 saturated carbocycles. The van der Waals surface area contributed by atoms with Crippen LogP contribution < -0.4 is 5.73 Å². The van der Waals surface area contributed by atoms with Gasteiger partial charge in [0.1, 0.15) is 0 Å². The molecule has 0 amide bonds. The van der Waals surface area contributed by atoms with Crippen LogP contribution in [0.2, 0.25) is 0 Å². The molecule has 108 valence electrons. The van der Waals surface area contributed by atoms with Crippen molar-refractivity contribution in [3.05, 3.63) is 0 Å². The van der Waals surface area contributed by atoms with E-state index < -0.39 is 0 Å². The van der Waals surface area contributed by atoms with E-state index >= 15 is 0 Å². The lowest BCUT2D eigenvalue weighted by Crippen LogP contribution is -2.48. The number of ether oxygens (including phenoxy) is 3. The Kier molecular flexibility index (Phi) is 7.77. The molecule has 1 aliphatic heterocycles. The second kappa shape index (κ2) is 8.82. The molecule has 5 nitrogen and oxygen atoms in total. The molecule has 0 aromatic heterocycles. The van der Waals surface area contributed by atoms with E-state index in [2.05, 4.69) is 11.8 Å². The molecule has 1 aliphatic rings. The highest BCUT2D eigenvalue weighted by atomic mass is 16.7. The summed E-state index contributed by atoms with van der Waals surface area (Å²) < 4.78 is 16.2. The van der Waals surface area contributed by atoms with Crippen LogP contribution in [0.1, 0.15) is 26.2 Å². The zero-order valence-electron chi connectivity index (χ0n) is 11.9. The van der Waals surface area contributed by atoms with Crippen LogP contribution >= 0.6 is 0 Å². The number of piperidine rings is 1. The van der Waals surface area contributed by atoms with Crippen LogP contribution in [-0.2, 0) is 14.2 Å². The van der Waals surface area contributed by atoms with E-state index in [1.807, 2.05) is 0 Å². The predicted molar refractivity (Wildman–Crippen MR) is 71.5 cm³/mol. The first-order valence-electron chi connectivity index (χ1n) is 6.86. The summed E-state index contributed by atoms with van der Waals surface area (Å²) in [4.78, 5) is 2.43. The molecule has 5 heteroatoms. The van der Waals surface area contributed by atoms with Crippen LogP contribution in [0, 0.1) is 0 Å². The Balaban J connectivity index is 2.37. The van der Waals surface area contributed by atoms with Crippen molar-refractivity contribution in [3.63, 3.8) is 0 Å². The smallest absolute Gasteiger partial charge is 0.158 e. The Morgan fingerprint density at radius 3 is 2.28 bits per heavy atom. The Bertz CT molecular complexity index is 204. The van der Waals surface area contributed by atoms with Gasteiger partial charge in [0.25, 0.3) is 0 Å². The van der Waals surface area contributed by atoms with Crippen LogP contribution in [0.15, 0.2) is 0 Å². The first-order chi connectivity index (χ1) is 8.74. The van der Waals surface area contributed by atoms with Gasteiger partial charge >= 0.3 is 0 Å². The van der Waals surface area contributed by atoms with E-state index in [1.165, 1.54) is 0 Å². The first kappa shape index (κ1) is 15.9. The van der Waals surface area contributed by atoms with E-state index in [1.54, 1.807) is 14.2 Å². The van der Waals surface area contributed by atoms with Crippen LogP contribution in [-0.4, -0.2) is 63.8 Å². The lowest BCUT2D eigenvalue weighted by Gasteiger charge is -2.37. The molecule has 1 unspecified atom stereocenters. The molecule has 0 spiro atoms. The molecule has 1 fully saturated rings. The summed E-state index contributed by atoms with van der Waals surface area (Å²) in [5.41, 5.74) is 5.87. The van der Waals surface area contributed by atoms with Gasteiger partial charge in [-0.15, -0.1) is 0 Å². The lowest BCUT2D eigenvalue weighted by atomic mass is 10.0. The van der Waals surface area contributed by atoms with Crippen LogP contribution in [0.3, 0.4) is 0 Å². The minimum atomic E-state index is -0.164. The van der Waals surface area contributed by atoms with E-state index in [-0.39, 0.29) is 6.29 Å². The maximum absolute atomic E-state index is 5.87. The highest BCUT2D eigenvalue weighted by Crippen LogP contribution is 2.18. The van der Waals surface area contributed by atoms with Crippen molar-refractivity contribution in [1.82, 2.24) is 4.90 Å². The summed E-state index contributed by atoms with van der Waals surface area (Å²) in [6.45, 7) is 5.60. The first-order valence-corrected chi connectivity index (χ1v) is 6.86. The maximum Gasteiger partial charge on any atom is 0.158 e. The minimum absolute atomic E-state index is 0.164. The van der Waals surface area contributed by atoms with E-state index in [9.17, 15) is 0 Å². The third kappa shape index (κ3) is 4.82. The topological polar surface area (TPSA) is 57.0 Å². The Labute approximate surface area is 111 Å². The second-order valence-corrected chi connectivity index (χ2v) is 4.72. The number of hydrogen-bond donors (Lipinski definition) is 1. The Morgan fingerprint density at radius 1 is 1.22 bits per heavy atom.